The second kappa shape index (κ2) is 14.2. The van der Waals surface area contributed by atoms with E-state index in [1.807, 2.05) is 57.2 Å². The van der Waals surface area contributed by atoms with Crippen LogP contribution in [-0.4, -0.2) is 52.2 Å². The lowest BCUT2D eigenvalue weighted by molar-refractivity contribution is 0.0218. The van der Waals surface area contributed by atoms with Gasteiger partial charge in [0.1, 0.15) is 17.7 Å². The van der Waals surface area contributed by atoms with Gasteiger partial charge in [0.25, 0.3) is 0 Å². The van der Waals surface area contributed by atoms with Crippen molar-refractivity contribution in [2.24, 2.45) is 0 Å². The van der Waals surface area contributed by atoms with Crippen LogP contribution in [0.3, 0.4) is 0 Å². The van der Waals surface area contributed by atoms with E-state index in [4.69, 9.17) is 14.7 Å². The molecule has 1 aliphatic carbocycles. The number of aromatic nitrogens is 2. The quantitative estimate of drug-likeness (QED) is 0.305. The van der Waals surface area contributed by atoms with Crippen molar-refractivity contribution in [2.45, 2.75) is 71.9 Å². The number of benzene rings is 1. The zero-order valence-corrected chi connectivity index (χ0v) is 26.1. The molecule has 1 saturated heterocycles. The summed E-state index contributed by atoms with van der Waals surface area (Å²) in [7, 11) is 0. The molecule has 1 fully saturated rings. The van der Waals surface area contributed by atoms with Gasteiger partial charge in [-0.15, -0.1) is 0 Å². The predicted molar refractivity (Wildman–Crippen MR) is 174 cm³/mol. The molecule has 0 N–H and O–H groups in total. The molecule has 1 amide bonds. The summed E-state index contributed by atoms with van der Waals surface area (Å²) in [5.41, 5.74) is 6.41. The van der Waals surface area contributed by atoms with Crippen LogP contribution in [0, 0.1) is 11.3 Å². The molecule has 0 spiro atoms. The number of allylic oxidation sites excluding steroid dienone is 9. The van der Waals surface area contributed by atoms with Crippen LogP contribution >= 0.6 is 0 Å². The van der Waals surface area contributed by atoms with E-state index < -0.39 is 5.60 Å². The number of nitriles is 1. The summed E-state index contributed by atoms with van der Waals surface area (Å²) in [5, 5.41) is 9.25. The maximum atomic E-state index is 12.8. The van der Waals surface area contributed by atoms with E-state index in [1.54, 1.807) is 11.2 Å². The number of rotatable bonds is 8. The first kappa shape index (κ1) is 31.5. The predicted octanol–water partition coefficient (Wildman–Crippen LogP) is 7.37. The zero-order valence-electron chi connectivity index (χ0n) is 26.1. The summed E-state index contributed by atoms with van der Waals surface area (Å²) in [6.45, 7) is 15.8. The monoisotopic (exact) mass is 577 g/mol. The molecule has 1 aromatic heterocycles. The third-order valence-electron chi connectivity index (χ3n) is 7.55. The van der Waals surface area contributed by atoms with Gasteiger partial charge in [0, 0.05) is 31.2 Å². The Labute approximate surface area is 256 Å². The Balaban J connectivity index is 1.62. The van der Waals surface area contributed by atoms with Gasteiger partial charge in [-0.1, -0.05) is 49.1 Å². The molecule has 0 unspecified atom stereocenters. The van der Waals surface area contributed by atoms with Crippen LogP contribution in [0.1, 0.15) is 69.8 Å². The minimum Gasteiger partial charge on any atom is -0.444 e. The number of unbranched alkanes of at least 4 members (excludes halogenated alkanes) is 1. The van der Waals surface area contributed by atoms with E-state index in [9.17, 15) is 10.1 Å². The van der Waals surface area contributed by atoms with Crippen LogP contribution in [0.25, 0.3) is 5.57 Å². The van der Waals surface area contributed by atoms with Crippen molar-refractivity contribution < 1.29 is 9.53 Å². The van der Waals surface area contributed by atoms with Gasteiger partial charge in [-0.2, -0.15) is 5.26 Å². The number of hydrogen-bond acceptors (Lipinski definition) is 6. The van der Waals surface area contributed by atoms with E-state index in [2.05, 4.69) is 55.7 Å². The minimum absolute atomic E-state index is 0.0311. The number of carbonyl (C=O) groups excluding carboxylic acids is 1. The van der Waals surface area contributed by atoms with Crippen molar-refractivity contribution in [3.05, 3.63) is 107 Å². The molecule has 224 valence electrons. The minimum atomic E-state index is -0.537. The maximum Gasteiger partial charge on any atom is 0.410 e. The molecule has 0 radical (unpaired) electrons. The Bertz CT molecular complexity index is 1500. The van der Waals surface area contributed by atoms with Crippen LogP contribution in [0.4, 0.5) is 10.6 Å². The highest BCUT2D eigenvalue weighted by Crippen LogP contribution is 2.36. The molecule has 2 aromatic rings. The molecule has 1 aromatic carbocycles. The van der Waals surface area contributed by atoms with Gasteiger partial charge in [0.2, 0.25) is 0 Å². The highest BCUT2D eigenvalue weighted by atomic mass is 16.6. The molecule has 43 heavy (non-hydrogen) atoms. The fourth-order valence-corrected chi connectivity index (χ4v) is 5.53. The number of aryl methyl sites for hydroxylation is 2. The van der Waals surface area contributed by atoms with Crippen molar-refractivity contribution in [3.63, 3.8) is 0 Å². The largest absolute Gasteiger partial charge is 0.444 e. The van der Waals surface area contributed by atoms with Crippen LogP contribution in [-0.2, 0) is 17.6 Å². The van der Waals surface area contributed by atoms with Crippen molar-refractivity contribution in [1.29, 1.82) is 5.26 Å². The number of piperazine rings is 1. The number of amides is 1. The molecule has 7 heteroatoms. The molecule has 1 atom stereocenters. The fourth-order valence-electron chi connectivity index (χ4n) is 5.53. The number of nitrogens with zero attached hydrogens (tertiary/aromatic N) is 5. The van der Waals surface area contributed by atoms with Crippen LogP contribution < -0.4 is 4.90 Å². The van der Waals surface area contributed by atoms with Crippen molar-refractivity contribution in [2.75, 3.05) is 24.5 Å². The topological polar surface area (TPSA) is 82.4 Å². The summed E-state index contributed by atoms with van der Waals surface area (Å²) in [5.74, 6) is 0.883. The van der Waals surface area contributed by atoms with Crippen molar-refractivity contribution in [1.82, 2.24) is 14.9 Å². The van der Waals surface area contributed by atoms with E-state index in [0.29, 0.717) is 25.2 Å². The summed E-state index contributed by atoms with van der Waals surface area (Å²) >= 11 is 0. The van der Waals surface area contributed by atoms with Crippen molar-refractivity contribution in [3.8, 4) is 6.07 Å². The van der Waals surface area contributed by atoms with E-state index in [1.165, 1.54) is 5.56 Å². The van der Waals surface area contributed by atoms with Gasteiger partial charge in [-0.3, -0.25) is 0 Å². The van der Waals surface area contributed by atoms with E-state index in [0.717, 1.165) is 59.5 Å². The summed E-state index contributed by atoms with van der Waals surface area (Å²) in [6.07, 6.45) is 17.4. The van der Waals surface area contributed by atoms with Gasteiger partial charge in [0.05, 0.1) is 17.3 Å². The molecule has 2 aliphatic rings. The molecule has 0 bridgehead atoms. The lowest BCUT2D eigenvalue weighted by Gasteiger charge is -2.41. The first-order valence-electron chi connectivity index (χ1n) is 15.1. The molecule has 7 nitrogen and oxygen atoms in total. The van der Waals surface area contributed by atoms with Gasteiger partial charge >= 0.3 is 6.09 Å². The zero-order chi connectivity index (χ0) is 31.0. The molecule has 2 heterocycles. The van der Waals surface area contributed by atoms with Gasteiger partial charge < -0.3 is 14.5 Å². The number of ether oxygens (including phenoxy) is 1. The third-order valence-corrected chi connectivity index (χ3v) is 7.55. The Morgan fingerprint density at radius 2 is 1.93 bits per heavy atom. The Kier molecular flexibility index (Phi) is 10.4. The highest BCUT2D eigenvalue weighted by Gasteiger charge is 2.32. The van der Waals surface area contributed by atoms with E-state index in [-0.39, 0.29) is 12.1 Å². The maximum absolute atomic E-state index is 12.8. The summed E-state index contributed by atoms with van der Waals surface area (Å²) in [4.78, 5) is 26.6. The third kappa shape index (κ3) is 8.32. The first-order valence-corrected chi connectivity index (χ1v) is 15.1. The molecular formula is C36H43N5O2. The smallest absolute Gasteiger partial charge is 0.410 e. The molecule has 1 aliphatic heterocycles. The lowest BCUT2D eigenvalue weighted by atomic mass is 9.92. The molecule has 0 saturated carbocycles. The standard InChI is InChI=1S/C36H43N5O2/c1-7-31(30-17-10-8-13-26(2)21-30)33-32(18-11-9-14-28-15-12-16-29(22-28)23-37)38-25-39-34(33)41-20-19-40(24-27(41)3)35(42)43-36(4,5)6/h7-8,10,12-13,15-17,21-22,25,27H,2,9,11,14,18-20,24H2,1,3-6H3/b31-7-/t27-/m0/s1. The average molecular weight is 578 g/mol. The highest BCUT2D eigenvalue weighted by molar-refractivity contribution is 5.89. The summed E-state index contributed by atoms with van der Waals surface area (Å²) in [6, 6.07) is 10.1. The van der Waals surface area contributed by atoms with Crippen LogP contribution in [0.15, 0.2) is 84.8 Å². The molecule has 4 rings (SSSR count). The van der Waals surface area contributed by atoms with Crippen LogP contribution in [0.5, 0.6) is 0 Å². The fraction of sp³-hybridized carbons (Fsp3) is 0.389. The van der Waals surface area contributed by atoms with Gasteiger partial charge in [0.15, 0.2) is 0 Å². The number of carbonyl (C=O) groups is 1. The van der Waals surface area contributed by atoms with E-state index >= 15 is 0 Å². The van der Waals surface area contributed by atoms with Gasteiger partial charge in [-0.05, 0) is 101 Å². The number of hydrogen-bond donors (Lipinski definition) is 0. The SMILES string of the molecule is C=C1C=CC=CC(/C(=C/C)c2c(CCCCc3cccc(C#N)c3)ncnc2N2CCN(C(=O)OC(C)(C)C)C[C@@H]2C)=C1. The first-order chi connectivity index (χ1) is 20.6. The van der Waals surface area contributed by atoms with Crippen molar-refractivity contribution >= 4 is 17.5 Å². The number of anilines is 1. The second-order valence-corrected chi connectivity index (χ2v) is 12.1. The molecular weight excluding hydrogens is 534 g/mol. The van der Waals surface area contributed by atoms with Crippen LogP contribution in [0.2, 0.25) is 0 Å². The second-order valence-electron chi connectivity index (χ2n) is 12.1. The Hall–Kier alpha value is -4.44. The summed E-state index contributed by atoms with van der Waals surface area (Å²) < 4.78 is 5.65. The normalized spacial score (nSPS) is 17.4. The Morgan fingerprint density at radius 1 is 1.16 bits per heavy atom. The lowest BCUT2D eigenvalue weighted by Crippen LogP contribution is -2.55. The Morgan fingerprint density at radius 3 is 2.65 bits per heavy atom. The average Bonchev–Trinajstić information content (AvgIpc) is 3.19. The van der Waals surface area contributed by atoms with Gasteiger partial charge in [-0.25, -0.2) is 14.8 Å².